The molecule has 20 heavy (non-hydrogen) atoms. The second kappa shape index (κ2) is 6.55. The normalized spacial score (nSPS) is 16.0. The van der Waals surface area contributed by atoms with Crippen LogP contribution >= 0.6 is 0 Å². The van der Waals surface area contributed by atoms with Crippen molar-refractivity contribution in [3.63, 3.8) is 0 Å². The Labute approximate surface area is 120 Å². The van der Waals surface area contributed by atoms with Gasteiger partial charge in [-0.15, -0.1) is 0 Å². The average molecular weight is 274 g/mol. The standard InChI is InChI=1S/C16H22N2O2/c1-3-15(19)17-14-7-9-18(10-8-14)16(20)13-6-4-5-12(2)11-13/h4-6,11,14H,3,7-10H2,1-2H3,(H,17,19). The number of carbonyl (C=O) groups is 2. The molecule has 0 unspecified atom stereocenters. The summed E-state index contributed by atoms with van der Waals surface area (Å²) < 4.78 is 0. The fourth-order valence-electron chi connectivity index (χ4n) is 2.52. The zero-order valence-electron chi connectivity index (χ0n) is 12.2. The molecule has 1 aliphatic heterocycles. The lowest BCUT2D eigenvalue weighted by atomic mass is 10.0. The number of benzene rings is 1. The minimum Gasteiger partial charge on any atom is -0.353 e. The first-order valence-corrected chi connectivity index (χ1v) is 7.25. The molecule has 0 atom stereocenters. The fraction of sp³-hybridized carbons (Fsp3) is 0.500. The van der Waals surface area contributed by atoms with Crippen LogP contribution in [0.25, 0.3) is 0 Å². The SMILES string of the molecule is CCC(=O)NC1CCN(C(=O)c2cccc(C)c2)CC1. The summed E-state index contributed by atoms with van der Waals surface area (Å²) in [6.07, 6.45) is 2.19. The zero-order valence-corrected chi connectivity index (χ0v) is 12.2. The third kappa shape index (κ3) is 3.59. The number of amides is 2. The number of nitrogens with zero attached hydrogens (tertiary/aromatic N) is 1. The molecule has 1 saturated heterocycles. The van der Waals surface area contributed by atoms with E-state index in [2.05, 4.69) is 5.32 Å². The number of rotatable bonds is 3. The molecule has 0 bridgehead atoms. The van der Waals surface area contributed by atoms with Crippen LogP contribution in [0.2, 0.25) is 0 Å². The van der Waals surface area contributed by atoms with E-state index in [1.165, 1.54) is 0 Å². The third-order valence-corrected chi connectivity index (χ3v) is 3.73. The van der Waals surface area contributed by atoms with Crippen LogP contribution in [0.5, 0.6) is 0 Å². The summed E-state index contributed by atoms with van der Waals surface area (Å²) in [5.74, 6) is 0.183. The maximum Gasteiger partial charge on any atom is 0.253 e. The first-order valence-electron chi connectivity index (χ1n) is 7.25. The predicted octanol–water partition coefficient (Wildman–Crippen LogP) is 2.13. The Bertz CT molecular complexity index is 491. The van der Waals surface area contributed by atoms with Crippen LogP contribution in [0.1, 0.15) is 42.1 Å². The molecule has 2 rings (SSSR count). The Morgan fingerprint density at radius 2 is 2.00 bits per heavy atom. The molecule has 0 spiro atoms. The Hall–Kier alpha value is -1.84. The van der Waals surface area contributed by atoms with Crippen molar-refractivity contribution in [2.45, 2.75) is 39.2 Å². The van der Waals surface area contributed by atoms with Gasteiger partial charge >= 0.3 is 0 Å². The van der Waals surface area contributed by atoms with E-state index in [9.17, 15) is 9.59 Å². The van der Waals surface area contributed by atoms with Crippen LogP contribution in [0.4, 0.5) is 0 Å². The van der Waals surface area contributed by atoms with E-state index in [-0.39, 0.29) is 17.9 Å². The predicted molar refractivity (Wildman–Crippen MR) is 78.5 cm³/mol. The van der Waals surface area contributed by atoms with Crippen LogP contribution in [0.15, 0.2) is 24.3 Å². The minimum atomic E-state index is 0.0912. The van der Waals surface area contributed by atoms with E-state index in [0.29, 0.717) is 19.5 Å². The van der Waals surface area contributed by atoms with Gasteiger partial charge in [0.05, 0.1) is 0 Å². The first kappa shape index (κ1) is 14.6. The molecule has 1 heterocycles. The van der Waals surface area contributed by atoms with E-state index in [1.54, 1.807) is 0 Å². The molecule has 2 amide bonds. The van der Waals surface area contributed by atoms with Crippen molar-refractivity contribution in [3.8, 4) is 0 Å². The highest BCUT2D eigenvalue weighted by Gasteiger charge is 2.24. The van der Waals surface area contributed by atoms with Crippen molar-refractivity contribution in [3.05, 3.63) is 35.4 Å². The van der Waals surface area contributed by atoms with Crippen molar-refractivity contribution < 1.29 is 9.59 Å². The van der Waals surface area contributed by atoms with E-state index < -0.39 is 0 Å². The van der Waals surface area contributed by atoms with E-state index in [1.807, 2.05) is 43.0 Å². The Morgan fingerprint density at radius 3 is 2.60 bits per heavy atom. The molecule has 1 N–H and O–H groups in total. The summed E-state index contributed by atoms with van der Waals surface area (Å²) in [6, 6.07) is 7.90. The molecule has 4 heteroatoms. The van der Waals surface area contributed by atoms with Crippen molar-refractivity contribution in [2.75, 3.05) is 13.1 Å². The topological polar surface area (TPSA) is 49.4 Å². The summed E-state index contributed by atoms with van der Waals surface area (Å²) in [4.78, 5) is 25.6. The average Bonchev–Trinajstić information content (AvgIpc) is 2.47. The smallest absolute Gasteiger partial charge is 0.253 e. The van der Waals surface area contributed by atoms with Crippen LogP contribution in [-0.2, 0) is 4.79 Å². The lowest BCUT2D eigenvalue weighted by molar-refractivity contribution is -0.121. The molecule has 1 aromatic carbocycles. The van der Waals surface area contributed by atoms with Gasteiger partial charge in [-0.05, 0) is 31.9 Å². The number of aryl methyl sites for hydroxylation is 1. The molecule has 108 valence electrons. The van der Waals surface area contributed by atoms with Crippen molar-refractivity contribution >= 4 is 11.8 Å². The maximum atomic E-state index is 12.4. The van der Waals surface area contributed by atoms with Crippen LogP contribution in [0, 0.1) is 6.92 Å². The summed E-state index contributed by atoms with van der Waals surface area (Å²) in [5.41, 5.74) is 1.85. The van der Waals surface area contributed by atoms with Crippen LogP contribution in [-0.4, -0.2) is 35.8 Å². The third-order valence-electron chi connectivity index (χ3n) is 3.73. The highest BCUT2D eigenvalue weighted by atomic mass is 16.2. The van der Waals surface area contributed by atoms with E-state index in [0.717, 1.165) is 24.0 Å². The molecule has 0 aliphatic carbocycles. The molecular weight excluding hydrogens is 252 g/mol. The summed E-state index contributed by atoms with van der Waals surface area (Å²) in [5, 5.41) is 3.00. The Morgan fingerprint density at radius 1 is 1.30 bits per heavy atom. The first-order chi connectivity index (χ1) is 9.60. The molecule has 0 radical (unpaired) electrons. The number of hydrogen-bond donors (Lipinski definition) is 1. The van der Waals surface area contributed by atoms with E-state index >= 15 is 0 Å². The lowest BCUT2D eigenvalue weighted by Gasteiger charge is -2.32. The summed E-state index contributed by atoms with van der Waals surface area (Å²) in [7, 11) is 0. The second-order valence-corrected chi connectivity index (χ2v) is 5.36. The van der Waals surface area contributed by atoms with Crippen molar-refractivity contribution in [1.29, 1.82) is 0 Å². The second-order valence-electron chi connectivity index (χ2n) is 5.36. The zero-order chi connectivity index (χ0) is 14.5. The summed E-state index contributed by atoms with van der Waals surface area (Å²) in [6.45, 7) is 5.26. The van der Waals surface area contributed by atoms with Gasteiger partial charge in [-0.2, -0.15) is 0 Å². The highest BCUT2D eigenvalue weighted by molar-refractivity contribution is 5.94. The Balaban J connectivity index is 1.90. The molecule has 0 aromatic heterocycles. The number of carbonyl (C=O) groups excluding carboxylic acids is 2. The van der Waals surface area contributed by atoms with Gasteiger partial charge in [-0.1, -0.05) is 24.6 Å². The molecule has 1 fully saturated rings. The van der Waals surface area contributed by atoms with Gasteiger partial charge in [0, 0.05) is 31.1 Å². The van der Waals surface area contributed by atoms with Crippen molar-refractivity contribution in [1.82, 2.24) is 10.2 Å². The van der Waals surface area contributed by atoms with Gasteiger partial charge in [0.15, 0.2) is 0 Å². The molecule has 1 aromatic rings. The minimum absolute atomic E-state index is 0.0912. The van der Waals surface area contributed by atoms with Gasteiger partial charge in [-0.3, -0.25) is 9.59 Å². The number of nitrogens with one attached hydrogen (secondary N) is 1. The number of likely N-dealkylation sites (tertiary alicyclic amines) is 1. The highest BCUT2D eigenvalue weighted by Crippen LogP contribution is 2.15. The fourth-order valence-corrected chi connectivity index (χ4v) is 2.52. The van der Waals surface area contributed by atoms with Gasteiger partial charge in [0.2, 0.25) is 5.91 Å². The summed E-state index contributed by atoms with van der Waals surface area (Å²) >= 11 is 0. The Kier molecular flexibility index (Phi) is 4.77. The van der Waals surface area contributed by atoms with Crippen LogP contribution in [0.3, 0.4) is 0 Å². The molecule has 4 nitrogen and oxygen atoms in total. The van der Waals surface area contributed by atoms with Gasteiger partial charge in [-0.25, -0.2) is 0 Å². The number of piperidine rings is 1. The van der Waals surface area contributed by atoms with Gasteiger partial charge in [0.25, 0.3) is 5.91 Å². The largest absolute Gasteiger partial charge is 0.353 e. The monoisotopic (exact) mass is 274 g/mol. The van der Waals surface area contributed by atoms with Gasteiger partial charge in [0.1, 0.15) is 0 Å². The molecule has 0 saturated carbocycles. The van der Waals surface area contributed by atoms with Gasteiger partial charge < -0.3 is 10.2 Å². The number of hydrogen-bond acceptors (Lipinski definition) is 2. The lowest BCUT2D eigenvalue weighted by Crippen LogP contribution is -2.46. The quantitative estimate of drug-likeness (QED) is 0.918. The molecule has 1 aliphatic rings. The maximum absolute atomic E-state index is 12.4. The van der Waals surface area contributed by atoms with E-state index in [4.69, 9.17) is 0 Å². The molecular formula is C16H22N2O2. The van der Waals surface area contributed by atoms with Crippen LogP contribution < -0.4 is 5.32 Å². The van der Waals surface area contributed by atoms with Crippen molar-refractivity contribution in [2.24, 2.45) is 0 Å².